The molecule has 19 heavy (non-hydrogen) atoms. The molecule has 0 aliphatic heterocycles. The van der Waals surface area contributed by atoms with Crippen molar-refractivity contribution in [3.63, 3.8) is 0 Å². The van der Waals surface area contributed by atoms with Crippen LogP contribution < -0.4 is 10.2 Å². The molecule has 1 amide bonds. The monoisotopic (exact) mass is 328 g/mol. The van der Waals surface area contributed by atoms with Crippen molar-refractivity contribution in [2.75, 3.05) is 7.11 Å². The fourth-order valence-electron chi connectivity index (χ4n) is 1.26. The van der Waals surface area contributed by atoms with Gasteiger partial charge in [-0.2, -0.15) is 5.10 Å². The molecule has 0 unspecified atom stereocenters. The van der Waals surface area contributed by atoms with Crippen molar-refractivity contribution in [2.24, 2.45) is 5.10 Å². The van der Waals surface area contributed by atoms with Gasteiger partial charge < -0.3 is 9.47 Å². The first-order valence-electron chi connectivity index (χ1n) is 5.67. The Morgan fingerprint density at radius 3 is 2.68 bits per heavy atom. The summed E-state index contributed by atoms with van der Waals surface area (Å²) in [6.07, 6.45) is 0.894. The summed E-state index contributed by atoms with van der Waals surface area (Å²) in [7, 11) is 1.57. The zero-order valence-corrected chi connectivity index (χ0v) is 12.9. The van der Waals surface area contributed by atoms with E-state index in [9.17, 15) is 4.79 Å². The highest BCUT2D eigenvalue weighted by molar-refractivity contribution is 9.10. The summed E-state index contributed by atoms with van der Waals surface area (Å²) in [5.41, 5.74) is 2.49. The van der Waals surface area contributed by atoms with Crippen molar-refractivity contribution in [2.45, 2.75) is 26.4 Å². The Hall–Kier alpha value is -1.56. The van der Waals surface area contributed by atoms with Gasteiger partial charge in [0.1, 0.15) is 11.4 Å². The molecule has 104 valence electrons. The minimum atomic E-state index is -0.599. The molecule has 0 aliphatic rings. The molecular formula is C13H17BrN2O3. The maximum Gasteiger partial charge on any atom is 0.428 e. The van der Waals surface area contributed by atoms with Gasteiger partial charge in [-0.1, -0.05) is 15.9 Å². The molecule has 5 nitrogen and oxygen atoms in total. The molecule has 0 atom stereocenters. The molecule has 0 spiro atoms. The summed E-state index contributed by atoms with van der Waals surface area (Å²) in [5, 5.41) is 3.83. The summed E-state index contributed by atoms with van der Waals surface area (Å²) < 4.78 is 11.1. The van der Waals surface area contributed by atoms with Crippen LogP contribution in [0.15, 0.2) is 27.8 Å². The van der Waals surface area contributed by atoms with E-state index >= 15 is 0 Å². The molecule has 1 rings (SSSR count). The van der Waals surface area contributed by atoms with Crippen LogP contribution in [0, 0.1) is 0 Å². The van der Waals surface area contributed by atoms with Crippen LogP contribution in [-0.2, 0) is 4.74 Å². The first kappa shape index (κ1) is 15.5. The van der Waals surface area contributed by atoms with Crippen LogP contribution in [0.25, 0.3) is 0 Å². The van der Waals surface area contributed by atoms with E-state index < -0.39 is 11.7 Å². The largest absolute Gasteiger partial charge is 0.496 e. The lowest BCUT2D eigenvalue weighted by atomic mass is 10.2. The molecule has 0 radical (unpaired) electrons. The maximum atomic E-state index is 11.4. The number of benzene rings is 1. The van der Waals surface area contributed by atoms with Crippen LogP contribution in [0.5, 0.6) is 5.75 Å². The number of nitrogens with zero attached hydrogens (tertiary/aromatic N) is 1. The average molecular weight is 329 g/mol. The summed E-state index contributed by atoms with van der Waals surface area (Å²) in [6, 6.07) is 5.50. The fraction of sp³-hybridized carbons (Fsp3) is 0.385. The Morgan fingerprint density at radius 2 is 2.11 bits per heavy atom. The topological polar surface area (TPSA) is 59.9 Å². The van der Waals surface area contributed by atoms with Crippen LogP contribution in [-0.4, -0.2) is 25.0 Å². The normalized spacial score (nSPS) is 11.4. The molecule has 0 fully saturated rings. The van der Waals surface area contributed by atoms with E-state index in [-0.39, 0.29) is 0 Å². The average Bonchev–Trinajstić information content (AvgIpc) is 2.27. The molecule has 0 bridgehead atoms. The van der Waals surface area contributed by atoms with Crippen molar-refractivity contribution >= 4 is 28.2 Å². The zero-order chi connectivity index (χ0) is 14.5. The Bertz CT molecular complexity index is 481. The molecule has 0 saturated carbocycles. The van der Waals surface area contributed by atoms with Gasteiger partial charge in [-0.3, -0.25) is 0 Å². The van der Waals surface area contributed by atoms with Gasteiger partial charge in [0, 0.05) is 10.0 Å². The number of nitrogens with one attached hydrogen (secondary N) is 1. The molecule has 1 aromatic rings. The molecule has 0 heterocycles. The van der Waals surface area contributed by atoms with Crippen molar-refractivity contribution in [3.8, 4) is 5.75 Å². The number of carbonyl (C=O) groups is 1. The number of hydrogen-bond donors (Lipinski definition) is 1. The Labute approximate surface area is 121 Å². The number of amides is 1. The lowest BCUT2D eigenvalue weighted by molar-refractivity contribution is 0.0529. The molecule has 1 N–H and O–H groups in total. The van der Waals surface area contributed by atoms with E-state index in [1.165, 1.54) is 6.21 Å². The number of rotatable bonds is 3. The van der Waals surface area contributed by atoms with Crippen LogP contribution in [0.3, 0.4) is 0 Å². The number of hydrogen-bond acceptors (Lipinski definition) is 4. The van der Waals surface area contributed by atoms with Crippen LogP contribution in [0.4, 0.5) is 4.79 Å². The van der Waals surface area contributed by atoms with E-state index in [1.807, 2.05) is 12.1 Å². The predicted molar refractivity (Wildman–Crippen MR) is 77.7 cm³/mol. The second kappa shape index (κ2) is 6.56. The molecule has 0 saturated heterocycles. The van der Waals surface area contributed by atoms with E-state index in [0.717, 1.165) is 10.0 Å². The van der Waals surface area contributed by atoms with Crippen molar-refractivity contribution < 1.29 is 14.3 Å². The summed E-state index contributed by atoms with van der Waals surface area (Å²) in [4.78, 5) is 11.4. The van der Waals surface area contributed by atoms with Crippen LogP contribution in [0.1, 0.15) is 26.3 Å². The highest BCUT2D eigenvalue weighted by atomic mass is 79.9. The third kappa shape index (κ3) is 5.74. The van der Waals surface area contributed by atoms with Gasteiger partial charge >= 0.3 is 6.09 Å². The van der Waals surface area contributed by atoms with E-state index in [2.05, 4.69) is 26.5 Å². The first-order valence-corrected chi connectivity index (χ1v) is 6.47. The maximum absolute atomic E-state index is 11.4. The van der Waals surface area contributed by atoms with Gasteiger partial charge in [-0.05, 0) is 39.0 Å². The molecule has 6 heteroatoms. The van der Waals surface area contributed by atoms with Gasteiger partial charge in [0.05, 0.1) is 13.3 Å². The van der Waals surface area contributed by atoms with Crippen LogP contribution in [0.2, 0.25) is 0 Å². The van der Waals surface area contributed by atoms with Crippen LogP contribution >= 0.6 is 15.9 Å². The lowest BCUT2D eigenvalue weighted by Gasteiger charge is -2.18. The molecular weight excluding hydrogens is 312 g/mol. The molecule has 1 aromatic carbocycles. The summed E-state index contributed by atoms with van der Waals surface area (Å²) in [6.45, 7) is 5.36. The number of carbonyl (C=O) groups excluding carboxylic acids is 1. The third-order valence-corrected chi connectivity index (χ3v) is 2.44. The Morgan fingerprint density at radius 1 is 1.42 bits per heavy atom. The first-order chi connectivity index (χ1) is 8.81. The van der Waals surface area contributed by atoms with Crippen molar-refractivity contribution in [1.29, 1.82) is 0 Å². The smallest absolute Gasteiger partial charge is 0.428 e. The van der Waals surface area contributed by atoms with E-state index in [0.29, 0.717) is 5.75 Å². The number of ether oxygens (including phenoxy) is 2. The predicted octanol–water partition coefficient (Wildman–Crippen LogP) is 3.32. The minimum Gasteiger partial charge on any atom is -0.496 e. The SMILES string of the molecule is COc1ccc(Br)cc1/C=N/NC(=O)OC(C)(C)C. The standard InChI is InChI=1S/C13H17BrN2O3/c1-13(2,3)19-12(17)16-15-8-9-7-10(14)5-6-11(9)18-4/h5-8H,1-4H3,(H,16,17)/b15-8+. The van der Waals surface area contributed by atoms with Gasteiger partial charge in [0.25, 0.3) is 0 Å². The highest BCUT2D eigenvalue weighted by Crippen LogP contribution is 2.21. The molecule has 0 aliphatic carbocycles. The van der Waals surface area contributed by atoms with Gasteiger partial charge in [0.2, 0.25) is 0 Å². The van der Waals surface area contributed by atoms with Gasteiger partial charge in [-0.15, -0.1) is 0 Å². The lowest BCUT2D eigenvalue weighted by Crippen LogP contribution is -2.29. The quantitative estimate of drug-likeness (QED) is 0.684. The van der Waals surface area contributed by atoms with E-state index in [4.69, 9.17) is 9.47 Å². The summed E-state index contributed by atoms with van der Waals surface area (Å²) in [5.74, 6) is 0.665. The number of halogens is 1. The van der Waals surface area contributed by atoms with Gasteiger partial charge in [0.15, 0.2) is 0 Å². The summed E-state index contributed by atoms with van der Waals surface area (Å²) >= 11 is 3.36. The highest BCUT2D eigenvalue weighted by Gasteiger charge is 2.15. The van der Waals surface area contributed by atoms with Gasteiger partial charge in [-0.25, -0.2) is 10.2 Å². The van der Waals surface area contributed by atoms with E-state index in [1.54, 1.807) is 33.9 Å². The van der Waals surface area contributed by atoms with Crippen molar-refractivity contribution in [1.82, 2.24) is 5.43 Å². The Balaban J connectivity index is 2.67. The zero-order valence-electron chi connectivity index (χ0n) is 11.4. The van der Waals surface area contributed by atoms with Crippen molar-refractivity contribution in [3.05, 3.63) is 28.2 Å². The second-order valence-electron chi connectivity index (χ2n) is 4.76. The number of hydrazone groups is 1. The fourth-order valence-corrected chi connectivity index (χ4v) is 1.64. The third-order valence-electron chi connectivity index (χ3n) is 1.95. The second-order valence-corrected chi connectivity index (χ2v) is 5.67. The number of methoxy groups -OCH3 is 1. The molecule has 0 aromatic heterocycles. The Kier molecular flexibility index (Phi) is 5.35. The minimum absolute atomic E-state index is 0.549.